The molecule has 0 aromatic heterocycles. The van der Waals surface area contributed by atoms with Gasteiger partial charge in [0.15, 0.2) is 5.76 Å². The van der Waals surface area contributed by atoms with Crippen LogP contribution in [-0.4, -0.2) is 23.4 Å². The van der Waals surface area contributed by atoms with Gasteiger partial charge in [0.1, 0.15) is 11.3 Å². The normalized spacial score (nSPS) is 16.6. The molecule has 1 aromatic carbocycles. The molecule has 1 aliphatic rings. The minimum Gasteiger partial charge on any atom is -0.505 e. The number of ether oxygens (including phenoxy) is 1. The molecule has 104 valence electrons. The molecule has 0 spiro atoms. The zero-order valence-corrected chi connectivity index (χ0v) is 11.8. The molecule has 1 aliphatic heterocycles. The van der Waals surface area contributed by atoms with Crippen LogP contribution in [0.15, 0.2) is 46.3 Å². The van der Waals surface area contributed by atoms with Gasteiger partial charge in [0.25, 0.3) is 0 Å². The van der Waals surface area contributed by atoms with E-state index >= 15 is 0 Å². The molecular formula is C16H17NO3. The zero-order valence-electron chi connectivity index (χ0n) is 11.8. The van der Waals surface area contributed by atoms with Crippen LogP contribution in [0, 0.1) is 6.92 Å². The van der Waals surface area contributed by atoms with Crippen LogP contribution in [0.2, 0.25) is 0 Å². The quantitative estimate of drug-likeness (QED) is 0.859. The molecule has 0 saturated heterocycles. The number of aliphatic hydroxyl groups is 1. The van der Waals surface area contributed by atoms with Crippen LogP contribution in [-0.2, 0) is 9.53 Å². The first-order chi connectivity index (χ1) is 9.52. The molecular weight excluding hydrogens is 254 g/mol. The van der Waals surface area contributed by atoms with Gasteiger partial charge in [0.2, 0.25) is 0 Å². The van der Waals surface area contributed by atoms with Gasteiger partial charge in [-0.05, 0) is 32.4 Å². The summed E-state index contributed by atoms with van der Waals surface area (Å²) in [7, 11) is 0. The molecule has 0 unspecified atom stereocenters. The lowest BCUT2D eigenvalue weighted by molar-refractivity contribution is -0.138. The number of esters is 1. The zero-order chi connectivity index (χ0) is 14.7. The molecule has 1 aromatic rings. The van der Waals surface area contributed by atoms with Gasteiger partial charge in [-0.1, -0.05) is 29.8 Å². The predicted octanol–water partition coefficient (Wildman–Crippen LogP) is 3.19. The molecule has 0 bridgehead atoms. The Bertz CT molecular complexity index is 622. The van der Waals surface area contributed by atoms with Crippen molar-refractivity contribution >= 4 is 17.8 Å². The number of aryl methyl sites for hydroxylation is 1. The van der Waals surface area contributed by atoms with E-state index in [4.69, 9.17) is 4.74 Å². The maximum Gasteiger partial charge on any atom is 0.343 e. The fourth-order valence-electron chi connectivity index (χ4n) is 1.96. The van der Waals surface area contributed by atoms with Crippen LogP contribution >= 0.6 is 0 Å². The van der Waals surface area contributed by atoms with E-state index < -0.39 is 5.97 Å². The van der Waals surface area contributed by atoms with Crippen molar-refractivity contribution in [3.05, 3.63) is 52.4 Å². The summed E-state index contributed by atoms with van der Waals surface area (Å²) >= 11 is 0. The van der Waals surface area contributed by atoms with E-state index in [0.29, 0.717) is 11.4 Å². The van der Waals surface area contributed by atoms with E-state index in [9.17, 15) is 9.90 Å². The first kappa shape index (κ1) is 14.1. The second-order valence-corrected chi connectivity index (χ2v) is 4.58. The van der Waals surface area contributed by atoms with E-state index in [1.165, 1.54) is 0 Å². The van der Waals surface area contributed by atoms with E-state index in [1.54, 1.807) is 19.9 Å². The number of carbonyl (C=O) groups excluding carboxylic acids is 1. The number of hydrogen-bond donors (Lipinski definition) is 1. The Morgan fingerprint density at radius 2 is 1.95 bits per heavy atom. The van der Waals surface area contributed by atoms with Crippen molar-refractivity contribution in [3.63, 3.8) is 0 Å². The van der Waals surface area contributed by atoms with Crippen LogP contribution in [0.5, 0.6) is 0 Å². The molecule has 0 aliphatic carbocycles. The van der Waals surface area contributed by atoms with E-state index in [0.717, 1.165) is 11.1 Å². The van der Waals surface area contributed by atoms with Gasteiger partial charge in [-0.3, -0.25) is 0 Å². The summed E-state index contributed by atoms with van der Waals surface area (Å²) < 4.78 is 4.92. The molecule has 0 radical (unpaired) electrons. The van der Waals surface area contributed by atoms with Crippen molar-refractivity contribution < 1.29 is 14.6 Å². The second kappa shape index (κ2) is 5.74. The number of nitrogens with zero attached hydrogens (tertiary/aromatic N) is 1. The average Bonchev–Trinajstić information content (AvgIpc) is 2.67. The molecule has 0 fully saturated rings. The topological polar surface area (TPSA) is 58.9 Å². The summed E-state index contributed by atoms with van der Waals surface area (Å²) in [6, 6.07) is 7.82. The minimum atomic E-state index is -0.543. The smallest absolute Gasteiger partial charge is 0.343 e. The summed E-state index contributed by atoms with van der Waals surface area (Å²) in [4.78, 5) is 16.0. The molecule has 0 amide bonds. The highest BCUT2D eigenvalue weighted by Crippen LogP contribution is 2.26. The summed E-state index contributed by atoms with van der Waals surface area (Å²) in [5.74, 6) is -0.667. The fourth-order valence-corrected chi connectivity index (χ4v) is 1.96. The Kier molecular flexibility index (Phi) is 4.03. The van der Waals surface area contributed by atoms with Crippen molar-refractivity contribution in [3.8, 4) is 0 Å². The number of aliphatic imine (C=N–C) groups is 1. The lowest BCUT2D eigenvalue weighted by Crippen LogP contribution is -2.13. The number of hydrogen-bond acceptors (Lipinski definition) is 4. The highest BCUT2D eigenvalue weighted by molar-refractivity contribution is 6.22. The monoisotopic (exact) mass is 271 g/mol. The van der Waals surface area contributed by atoms with Gasteiger partial charge in [-0.15, -0.1) is 0 Å². The molecule has 0 saturated carbocycles. The van der Waals surface area contributed by atoms with Crippen LogP contribution in [0.1, 0.15) is 25.0 Å². The first-order valence-electron chi connectivity index (χ1n) is 6.47. The highest BCUT2D eigenvalue weighted by Gasteiger charge is 2.27. The summed E-state index contributed by atoms with van der Waals surface area (Å²) in [6.45, 7) is 5.67. The predicted molar refractivity (Wildman–Crippen MR) is 78.6 cm³/mol. The summed E-state index contributed by atoms with van der Waals surface area (Å²) in [5, 5.41) is 10.1. The largest absolute Gasteiger partial charge is 0.505 e. The van der Waals surface area contributed by atoms with E-state index in [1.807, 2.05) is 31.2 Å². The fraction of sp³-hybridized carbons (Fsp3) is 0.250. The van der Waals surface area contributed by atoms with Crippen molar-refractivity contribution in [2.75, 3.05) is 6.61 Å². The van der Waals surface area contributed by atoms with Crippen LogP contribution in [0.25, 0.3) is 6.08 Å². The lowest BCUT2D eigenvalue weighted by atomic mass is 10.1. The van der Waals surface area contributed by atoms with Gasteiger partial charge in [-0.2, -0.15) is 0 Å². The second-order valence-electron chi connectivity index (χ2n) is 4.58. The lowest BCUT2D eigenvalue weighted by Gasteiger charge is -2.02. The van der Waals surface area contributed by atoms with E-state index in [2.05, 4.69) is 4.99 Å². The molecule has 2 rings (SSSR count). The maximum atomic E-state index is 11.8. The van der Waals surface area contributed by atoms with Gasteiger partial charge < -0.3 is 9.84 Å². The Balaban J connectivity index is 2.35. The van der Waals surface area contributed by atoms with Crippen LogP contribution in [0.4, 0.5) is 0 Å². The molecule has 0 atom stereocenters. The Labute approximate surface area is 118 Å². The Hall–Kier alpha value is -2.36. The average molecular weight is 271 g/mol. The molecule has 4 nitrogen and oxygen atoms in total. The van der Waals surface area contributed by atoms with Crippen LogP contribution in [0.3, 0.4) is 0 Å². The van der Waals surface area contributed by atoms with Gasteiger partial charge in [-0.25, -0.2) is 9.79 Å². The number of benzene rings is 1. The third-order valence-electron chi connectivity index (χ3n) is 2.99. The van der Waals surface area contributed by atoms with Crippen molar-refractivity contribution in [2.24, 2.45) is 4.99 Å². The standard InChI is InChI=1S/C16H17NO3/c1-4-20-16(19)14-11(3)17-13(15(14)18)9-12-7-5-10(2)6-8-12/h5-9,18H,4H2,1-3H3/b13-9+. The number of carbonyl (C=O) groups is 1. The first-order valence-corrected chi connectivity index (χ1v) is 6.47. The summed E-state index contributed by atoms with van der Waals surface area (Å²) in [6.07, 6.45) is 1.74. The van der Waals surface area contributed by atoms with Gasteiger partial charge in [0, 0.05) is 0 Å². The summed E-state index contributed by atoms with van der Waals surface area (Å²) in [5.41, 5.74) is 3.07. The molecule has 1 heterocycles. The van der Waals surface area contributed by atoms with Crippen LogP contribution < -0.4 is 0 Å². The van der Waals surface area contributed by atoms with Crippen molar-refractivity contribution in [1.82, 2.24) is 0 Å². The molecule has 20 heavy (non-hydrogen) atoms. The number of rotatable bonds is 3. The van der Waals surface area contributed by atoms with Gasteiger partial charge in [0.05, 0.1) is 12.3 Å². The maximum absolute atomic E-state index is 11.8. The Morgan fingerprint density at radius 3 is 2.55 bits per heavy atom. The highest BCUT2D eigenvalue weighted by atomic mass is 16.5. The van der Waals surface area contributed by atoms with Gasteiger partial charge >= 0.3 is 5.97 Å². The SMILES string of the molecule is CCOC(=O)C1=C(O)/C(=C\c2ccc(C)cc2)N=C1C. The third kappa shape index (κ3) is 2.79. The molecule has 4 heteroatoms. The molecule has 1 N–H and O–H groups in total. The minimum absolute atomic E-state index is 0.124. The van der Waals surface area contributed by atoms with E-state index in [-0.39, 0.29) is 17.9 Å². The Morgan fingerprint density at radius 1 is 1.30 bits per heavy atom. The van der Waals surface area contributed by atoms with Crippen molar-refractivity contribution in [1.29, 1.82) is 0 Å². The van der Waals surface area contributed by atoms with Crippen molar-refractivity contribution in [2.45, 2.75) is 20.8 Å². The third-order valence-corrected chi connectivity index (χ3v) is 2.99. The number of aliphatic hydroxyl groups excluding tert-OH is 1.